The van der Waals surface area contributed by atoms with Crippen LogP contribution in [0.1, 0.15) is 5.82 Å². The van der Waals surface area contributed by atoms with Crippen molar-refractivity contribution in [3.63, 3.8) is 0 Å². The number of sulfonamides is 1. The standard InChI is InChI=1S/C13H11N3O2S2/c1-9-14-13(19-15-9)16-20(17,18)12-8-4-6-10-5-2-3-7-11(10)12/h2-8H,1H3,(H,14,15,16). The van der Waals surface area contributed by atoms with Crippen LogP contribution < -0.4 is 4.72 Å². The third-order valence-corrected chi connectivity index (χ3v) is 5.04. The first kappa shape index (κ1) is 13.0. The van der Waals surface area contributed by atoms with Crippen molar-refractivity contribution in [3.8, 4) is 0 Å². The molecule has 7 heteroatoms. The van der Waals surface area contributed by atoms with Crippen molar-refractivity contribution in [1.82, 2.24) is 9.36 Å². The van der Waals surface area contributed by atoms with Gasteiger partial charge in [0.2, 0.25) is 5.13 Å². The highest BCUT2D eigenvalue weighted by molar-refractivity contribution is 7.93. The zero-order valence-corrected chi connectivity index (χ0v) is 12.2. The molecular formula is C13H11N3O2S2. The Bertz CT molecular complexity index is 867. The maximum absolute atomic E-state index is 12.5. The molecule has 0 fully saturated rings. The molecule has 5 nitrogen and oxygen atoms in total. The second-order valence-electron chi connectivity index (χ2n) is 4.23. The van der Waals surface area contributed by atoms with Crippen molar-refractivity contribution in [2.45, 2.75) is 11.8 Å². The highest BCUT2D eigenvalue weighted by Gasteiger charge is 2.18. The molecule has 3 aromatic rings. The van der Waals surface area contributed by atoms with E-state index in [1.165, 1.54) is 0 Å². The van der Waals surface area contributed by atoms with Crippen molar-refractivity contribution in [2.75, 3.05) is 4.72 Å². The van der Waals surface area contributed by atoms with E-state index >= 15 is 0 Å². The van der Waals surface area contributed by atoms with Crippen molar-refractivity contribution in [1.29, 1.82) is 0 Å². The fourth-order valence-electron chi connectivity index (χ4n) is 1.94. The summed E-state index contributed by atoms with van der Waals surface area (Å²) >= 11 is 1.03. The minimum Gasteiger partial charge on any atom is -0.253 e. The summed E-state index contributed by atoms with van der Waals surface area (Å²) in [5, 5.41) is 1.84. The summed E-state index contributed by atoms with van der Waals surface area (Å²) in [6.45, 7) is 1.71. The van der Waals surface area contributed by atoms with Crippen LogP contribution in [0.4, 0.5) is 5.13 Å². The molecule has 3 rings (SSSR count). The van der Waals surface area contributed by atoms with Gasteiger partial charge < -0.3 is 0 Å². The monoisotopic (exact) mass is 305 g/mol. The molecule has 0 amide bonds. The van der Waals surface area contributed by atoms with Gasteiger partial charge in [-0.05, 0) is 18.4 Å². The third-order valence-electron chi connectivity index (χ3n) is 2.79. The highest BCUT2D eigenvalue weighted by Crippen LogP contribution is 2.25. The van der Waals surface area contributed by atoms with E-state index in [0.29, 0.717) is 11.2 Å². The van der Waals surface area contributed by atoms with Gasteiger partial charge in [-0.25, -0.2) is 13.4 Å². The molecule has 1 heterocycles. The number of aromatic nitrogens is 2. The second kappa shape index (κ2) is 4.84. The Labute approximate surface area is 120 Å². The van der Waals surface area contributed by atoms with E-state index in [-0.39, 0.29) is 10.0 Å². The summed E-state index contributed by atoms with van der Waals surface area (Å²) in [7, 11) is -3.67. The molecule has 1 N–H and O–H groups in total. The van der Waals surface area contributed by atoms with Crippen molar-refractivity contribution < 1.29 is 8.42 Å². The van der Waals surface area contributed by atoms with E-state index in [4.69, 9.17) is 0 Å². The van der Waals surface area contributed by atoms with Crippen LogP contribution in [0, 0.1) is 6.92 Å². The summed E-state index contributed by atoms with van der Waals surface area (Å²) in [4.78, 5) is 4.26. The maximum Gasteiger partial charge on any atom is 0.264 e. The van der Waals surface area contributed by atoms with Crippen molar-refractivity contribution >= 4 is 37.5 Å². The van der Waals surface area contributed by atoms with Gasteiger partial charge in [-0.2, -0.15) is 4.37 Å². The number of aryl methyl sites for hydroxylation is 1. The zero-order chi connectivity index (χ0) is 14.2. The van der Waals surface area contributed by atoms with Gasteiger partial charge in [0, 0.05) is 16.9 Å². The van der Waals surface area contributed by atoms with Gasteiger partial charge in [-0.1, -0.05) is 36.4 Å². The molecule has 0 unspecified atom stereocenters. The topological polar surface area (TPSA) is 72.0 Å². The largest absolute Gasteiger partial charge is 0.264 e. The third kappa shape index (κ3) is 2.37. The fraction of sp³-hybridized carbons (Fsp3) is 0.0769. The van der Waals surface area contributed by atoms with Crippen LogP contribution in [0.3, 0.4) is 0 Å². The molecular weight excluding hydrogens is 294 g/mol. The Morgan fingerprint density at radius 1 is 1.10 bits per heavy atom. The molecule has 0 saturated heterocycles. The molecule has 0 bridgehead atoms. The first-order chi connectivity index (χ1) is 9.56. The van der Waals surface area contributed by atoms with Gasteiger partial charge in [0.25, 0.3) is 10.0 Å². The lowest BCUT2D eigenvalue weighted by Crippen LogP contribution is -2.13. The minimum absolute atomic E-state index is 0.239. The molecule has 0 aliphatic heterocycles. The first-order valence-corrected chi connectivity index (χ1v) is 8.13. The molecule has 0 saturated carbocycles. The lowest BCUT2D eigenvalue weighted by atomic mass is 10.1. The van der Waals surface area contributed by atoms with E-state index in [0.717, 1.165) is 16.9 Å². The second-order valence-corrected chi connectivity index (χ2v) is 6.63. The average Bonchev–Trinajstić information content (AvgIpc) is 2.82. The number of benzene rings is 2. The molecule has 0 atom stereocenters. The number of nitrogens with zero attached hydrogens (tertiary/aromatic N) is 2. The minimum atomic E-state index is -3.67. The number of hydrogen-bond donors (Lipinski definition) is 1. The first-order valence-electron chi connectivity index (χ1n) is 5.87. The van der Waals surface area contributed by atoms with Gasteiger partial charge in [-0.3, -0.25) is 4.72 Å². The summed E-state index contributed by atoms with van der Waals surface area (Å²) in [5.74, 6) is 0.547. The van der Waals surface area contributed by atoms with Gasteiger partial charge in [0.1, 0.15) is 5.82 Å². The van der Waals surface area contributed by atoms with E-state index in [2.05, 4.69) is 14.1 Å². The lowest BCUT2D eigenvalue weighted by molar-refractivity contribution is 0.602. The van der Waals surface area contributed by atoms with Gasteiger partial charge in [0.05, 0.1) is 4.90 Å². The molecule has 0 aliphatic rings. The molecule has 2 aromatic carbocycles. The van der Waals surface area contributed by atoms with E-state index < -0.39 is 10.0 Å². The summed E-state index contributed by atoms with van der Waals surface area (Å²) < 4.78 is 31.3. The predicted molar refractivity (Wildman–Crippen MR) is 79.4 cm³/mol. The van der Waals surface area contributed by atoms with Crippen molar-refractivity contribution in [3.05, 3.63) is 48.3 Å². The quantitative estimate of drug-likeness (QED) is 0.807. The Balaban J connectivity index is 2.09. The molecule has 0 spiro atoms. The van der Waals surface area contributed by atoms with E-state index in [1.54, 1.807) is 25.1 Å². The fourth-order valence-corrected chi connectivity index (χ4v) is 3.97. The molecule has 20 heavy (non-hydrogen) atoms. The zero-order valence-electron chi connectivity index (χ0n) is 10.6. The van der Waals surface area contributed by atoms with Crippen LogP contribution in [0.15, 0.2) is 47.4 Å². The predicted octanol–water partition coefficient (Wildman–Crippen LogP) is 2.80. The molecule has 102 valence electrons. The normalized spacial score (nSPS) is 11.7. The van der Waals surface area contributed by atoms with Crippen LogP contribution in [0.25, 0.3) is 10.8 Å². The number of fused-ring (bicyclic) bond motifs is 1. The SMILES string of the molecule is Cc1nsc(NS(=O)(=O)c2cccc3ccccc23)n1. The Morgan fingerprint density at radius 2 is 1.85 bits per heavy atom. The smallest absolute Gasteiger partial charge is 0.253 e. The Hall–Kier alpha value is -1.99. The number of anilines is 1. The van der Waals surface area contributed by atoms with Crippen molar-refractivity contribution in [2.24, 2.45) is 0 Å². The lowest BCUT2D eigenvalue weighted by Gasteiger charge is -2.08. The van der Waals surface area contributed by atoms with Crippen LogP contribution in [-0.4, -0.2) is 17.8 Å². The van der Waals surface area contributed by atoms with E-state index in [1.807, 2.05) is 24.3 Å². The number of hydrogen-bond acceptors (Lipinski definition) is 5. The Morgan fingerprint density at radius 3 is 2.60 bits per heavy atom. The summed E-state index contributed by atoms with van der Waals surface area (Å²) in [5.41, 5.74) is 0. The molecule has 0 aliphatic carbocycles. The van der Waals surface area contributed by atoms with Gasteiger partial charge in [0.15, 0.2) is 0 Å². The Kier molecular flexibility index (Phi) is 3.15. The van der Waals surface area contributed by atoms with Gasteiger partial charge in [-0.15, -0.1) is 0 Å². The van der Waals surface area contributed by atoms with Crippen LogP contribution in [0.5, 0.6) is 0 Å². The maximum atomic E-state index is 12.5. The average molecular weight is 305 g/mol. The van der Waals surface area contributed by atoms with Crippen LogP contribution in [0.2, 0.25) is 0 Å². The van der Waals surface area contributed by atoms with Gasteiger partial charge >= 0.3 is 0 Å². The summed E-state index contributed by atoms with van der Waals surface area (Å²) in [6, 6.07) is 12.5. The molecule has 1 aromatic heterocycles. The summed E-state index contributed by atoms with van der Waals surface area (Å²) in [6.07, 6.45) is 0. The molecule has 0 radical (unpaired) electrons. The number of nitrogens with one attached hydrogen (secondary N) is 1. The van der Waals surface area contributed by atoms with E-state index in [9.17, 15) is 8.42 Å². The van der Waals surface area contributed by atoms with Crippen LogP contribution in [-0.2, 0) is 10.0 Å². The highest BCUT2D eigenvalue weighted by atomic mass is 32.2. The number of rotatable bonds is 3. The van der Waals surface area contributed by atoms with Crippen LogP contribution >= 0.6 is 11.5 Å².